The van der Waals surface area contributed by atoms with Gasteiger partial charge in [-0.2, -0.15) is 13.2 Å². The van der Waals surface area contributed by atoms with Crippen LogP contribution in [-0.2, 0) is 19.4 Å². The summed E-state index contributed by atoms with van der Waals surface area (Å²) in [4.78, 5) is 0. The van der Waals surface area contributed by atoms with Gasteiger partial charge in [0.15, 0.2) is 0 Å². The number of ether oxygens (including phenoxy) is 2. The molecule has 6 nitrogen and oxygen atoms in total. The van der Waals surface area contributed by atoms with E-state index in [2.05, 4.69) is 5.73 Å². The van der Waals surface area contributed by atoms with Crippen molar-refractivity contribution in [1.82, 2.24) is 0 Å². The third kappa shape index (κ3) is 7.98. The van der Waals surface area contributed by atoms with E-state index in [1.165, 1.54) is 30.3 Å². The lowest BCUT2D eigenvalue weighted by molar-refractivity contribution is -0.137. The van der Waals surface area contributed by atoms with Crippen molar-refractivity contribution in [1.29, 1.82) is 10.8 Å². The first kappa shape index (κ1) is 27.1. The normalized spacial score (nSPS) is 10.7. The molecule has 0 fully saturated rings. The Balaban J connectivity index is 0.00000137. The first-order valence-corrected chi connectivity index (χ1v) is 10.0. The molecule has 0 saturated carbocycles. The van der Waals surface area contributed by atoms with Gasteiger partial charge in [-0.15, -0.1) is 0 Å². The van der Waals surface area contributed by atoms with Gasteiger partial charge < -0.3 is 20.9 Å². The Morgan fingerprint density at radius 2 is 1.37 bits per heavy atom. The average Bonchev–Trinajstić information content (AvgIpc) is 2.77. The molecule has 3 aromatic rings. The van der Waals surface area contributed by atoms with Crippen molar-refractivity contribution in [3.05, 3.63) is 94.0 Å². The number of amidine groups is 1. The molecule has 0 aliphatic rings. The van der Waals surface area contributed by atoms with Gasteiger partial charge in [-0.25, -0.2) is 8.78 Å². The molecule has 0 aliphatic carbocycles. The van der Waals surface area contributed by atoms with Crippen LogP contribution in [0.4, 0.5) is 22.0 Å². The molecule has 0 bridgehead atoms. The number of aryl methyl sites for hydroxylation is 1. The van der Waals surface area contributed by atoms with E-state index in [0.717, 1.165) is 24.5 Å². The molecule has 35 heavy (non-hydrogen) atoms. The molecule has 0 heterocycles. The summed E-state index contributed by atoms with van der Waals surface area (Å²) >= 11 is 0. The van der Waals surface area contributed by atoms with Gasteiger partial charge in [0, 0.05) is 22.8 Å². The van der Waals surface area contributed by atoms with Gasteiger partial charge >= 0.3 is 6.18 Å². The lowest BCUT2D eigenvalue weighted by Gasteiger charge is -2.15. The lowest BCUT2D eigenvalue weighted by Crippen LogP contribution is -2.12. The lowest BCUT2D eigenvalue weighted by atomic mass is 10.1. The number of nitrogens with one attached hydrogen (secondary N) is 2. The van der Waals surface area contributed by atoms with E-state index in [1.807, 2.05) is 0 Å². The average molecular weight is 494 g/mol. The number of benzene rings is 3. The summed E-state index contributed by atoms with van der Waals surface area (Å²) in [5.74, 6) is -1.94. The number of nitrogens with two attached hydrogens (primary N) is 2. The highest BCUT2D eigenvalue weighted by Gasteiger charge is 2.32. The summed E-state index contributed by atoms with van der Waals surface area (Å²) in [5.41, 5.74) is 9.78. The van der Waals surface area contributed by atoms with Crippen molar-refractivity contribution in [2.45, 2.75) is 26.3 Å². The maximum absolute atomic E-state index is 14.2. The quantitative estimate of drug-likeness (QED) is 0.203. The molecule has 6 N–H and O–H groups in total. The Bertz CT molecular complexity index is 1200. The van der Waals surface area contributed by atoms with Crippen LogP contribution in [0.15, 0.2) is 54.6 Å². The number of rotatable bonds is 7. The fourth-order valence-electron chi connectivity index (χ4n) is 2.83. The zero-order chi connectivity index (χ0) is 26.2. The smallest absolute Gasteiger partial charge is 0.416 e. The number of nitrogen functional groups attached to an aromatic ring is 1. The topological polar surface area (TPSA) is 118 Å². The maximum Gasteiger partial charge on any atom is 0.416 e. The van der Waals surface area contributed by atoms with E-state index in [-0.39, 0.29) is 47.2 Å². The van der Waals surface area contributed by atoms with Gasteiger partial charge in [-0.3, -0.25) is 10.8 Å². The van der Waals surface area contributed by atoms with Gasteiger partial charge in [0.25, 0.3) is 0 Å². The Morgan fingerprint density at radius 1 is 0.886 bits per heavy atom. The second-order valence-corrected chi connectivity index (χ2v) is 7.25. The molecule has 0 aromatic heterocycles. The molecule has 0 radical (unpaired) electrons. The molecule has 0 unspecified atom stereocenters. The fraction of sp³-hybridized carbons (Fsp3) is 0.167. The standard InChI is InChI=1S/C23H19F5N2O2.CH4N2/c1-13-2-3-15(20(24)6-13)11-31-18-8-17(23(26,27)28)9-19(10-18)32-12-16-5-4-14(22(29)30)7-21(16)25;2-1-3/h2-10H,11-12H2,1H3,(H3,29,30);1H,(H3,2,3). The van der Waals surface area contributed by atoms with Gasteiger partial charge in [-0.1, -0.05) is 24.3 Å². The van der Waals surface area contributed by atoms with Crippen LogP contribution >= 0.6 is 0 Å². The molecule has 3 rings (SSSR count). The van der Waals surface area contributed by atoms with Gasteiger partial charge in [0.1, 0.15) is 42.2 Å². The Kier molecular flexibility index (Phi) is 9.15. The molecule has 11 heteroatoms. The Hall–Kier alpha value is -4.15. The minimum absolute atomic E-state index is 0.0663. The minimum atomic E-state index is -4.68. The van der Waals surface area contributed by atoms with E-state index in [9.17, 15) is 22.0 Å². The van der Waals surface area contributed by atoms with Crippen LogP contribution in [0, 0.1) is 29.4 Å². The van der Waals surface area contributed by atoms with E-state index >= 15 is 0 Å². The van der Waals surface area contributed by atoms with Crippen LogP contribution in [0.2, 0.25) is 0 Å². The van der Waals surface area contributed by atoms with Gasteiger partial charge in [0.05, 0.1) is 11.9 Å². The van der Waals surface area contributed by atoms with Crippen LogP contribution < -0.4 is 20.9 Å². The van der Waals surface area contributed by atoms with E-state index < -0.39 is 23.4 Å². The summed E-state index contributed by atoms with van der Waals surface area (Å²) < 4.78 is 78.8. The number of halogens is 5. The molecule has 0 saturated heterocycles. The molecule has 3 aromatic carbocycles. The van der Waals surface area contributed by atoms with Crippen LogP contribution in [0.5, 0.6) is 11.5 Å². The minimum Gasteiger partial charge on any atom is -0.489 e. The van der Waals surface area contributed by atoms with E-state index in [4.69, 9.17) is 26.0 Å². The highest BCUT2D eigenvalue weighted by molar-refractivity contribution is 5.94. The maximum atomic E-state index is 14.2. The molecule has 0 amide bonds. The van der Waals surface area contributed by atoms with Crippen LogP contribution in [0.3, 0.4) is 0 Å². The molecule has 186 valence electrons. The summed E-state index contributed by atoms with van der Waals surface area (Å²) in [5, 5.41) is 13.2. The largest absolute Gasteiger partial charge is 0.489 e. The number of alkyl halides is 3. The zero-order valence-electron chi connectivity index (χ0n) is 18.5. The molecule has 0 aliphatic heterocycles. The Morgan fingerprint density at radius 3 is 1.80 bits per heavy atom. The molecule has 0 spiro atoms. The Labute approximate surface area is 198 Å². The van der Waals surface area contributed by atoms with Crippen molar-refractivity contribution >= 4 is 12.2 Å². The van der Waals surface area contributed by atoms with Gasteiger partial charge in [-0.05, 0) is 36.8 Å². The highest BCUT2D eigenvalue weighted by atomic mass is 19.4. The monoisotopic (exact) mass is 494 g/mol. The predicted octanol–water partition coefficient (Wildman–Crippen LogP) is 5.29. The molecular weight excluding hydrogens is 471 g/mol. The second kappa shape index (κ2) is 11.8. The summed E-state index contributed by atoms with van der Waals surface area (Å²) in [6.45, 7) is 1.06. The molecular formula is C24H23F5N4O2. The molecule has 0 atom stereocenters. The SMILES string of the molecule is Cc1ccc(COc2cc(OCc3ccc(C(=N)N)cc3F)cc(C(F)(F)F)c2)c(F)c1.N=CN. The summed E-state index contributed by atoms with van der Waals surface area (Å²) in [6.07, 6.45) is -3.93. The number of hydrogen-bond acceptors (Lipinski definition) is 4. The van der Waals surface area contributed by atoms with Crippen molar-refractivity contribution < 1.29 is 31.4 Å². The van der Waals surface area contributed by atoms with Crippen molar-refractivity contribution in [2.75, 3.05) is 0 Å². The highest BCUT2D eigenvalue weighted by Crippen LogP contribution is 2.35. The third-order valence-corrected chi connectivity index (χ3v) is 4.57. The van der Waals surface area contributed by atoms with E-state index in [1.54, 1.807) is 13.0 Å². The second-order valence-electron chi connectivity index (χ2n) is 7.25. The zero-order valence-corrected chi connectivity index (χ0v) is 18.5. The third-order valence-electron chi connectivity index (χ3n) is 4.57. The first-order chi connectivity index (χ1) is 16.4. The fourth-order valence-corrected chi connectivity index (χ4v) is 2.83. The van der Waals surface area contributed by atoms with Crippen molar-refractivity contribution in [3.8, 4) is 11.5 Å². The first-order valence-electron chi connectivity index (χ1n) is 10.0. The van der Waals surface area contributed by atoms with Crippen LogP contribution in [0.1, 0.15) is 27.8 Å². The number of hydrogen-bond donors (Lipinski definition) is 4. The summed E-state index contributed by atoms with van der Waals surface area (Å²) in [6, 6.07) is 11.0. The van der Waals surface area contributed by atoms with Crippen LogP contribution in [-0.4, -0.2) is 12.2 Å². The van der Waals surface area contributed by atoms with Gasteiger partial charge in [0.2, 0.25) is 0 Å². The summed E-state index contributed by atoms with van der Waals surface area (Å²) in [7, 11) is 0. The van der Waals surface area contributed by atoms with Crippen molar-refractivity contribution in [2.24, 2.45) is 11.5 Å². The predicted molar refractivity (Wildman–Crippen MR) is 122 cm³/mol. The van der Waals surface area contributed by atoms with E-state index in [0.29, 0.717) is 5.56 Å². The van der Waals surface area contributed by atoms with Crippen molar-refractivity contribution in [3.63, 3.8) is 0 Å². The van der Waals surface area contributed by atoms with Crippen LogP contribution in [0.25, 0.3) is 0 Å².